The van der Waals surface area contributed by atoms with E-state index < -0.39 is 0 Å². The molecule has 0 aliphatic rings. The second-order valence-electron chi connectivity index (χ2n) is 3.67. The molecule has 0 bridgehead atoms. The molecule has 1 unspecified atom stereocenters. The van der Waals surface area contributed by atoms with Crippen LogP contribution < -0.4 is 5.32 Å². The molecule has 1 N–H and O–H groups in total. The van der Waals surface area contributed by atoms with Gasteiger partial charge < -0.3 is 5.32 Å². The van der Waals surface area contributed by atoms with Crippen LogP contribution in [0.25, 0.3) is 0 Å². The molecule has 0 radical (unpaired) electrons. The summed E-state index contributed by atoms with van der Waals surface area (Å²) >= 11 is 0. The summed E-state index contributed by atoms with van der Waals surface area (Å²) in [5, 5.41) is 2.81. The van der Waals surface area contributed by atoms with E-state index in [1.165, 1.54) is 6.42 Å². The van der Waals surface area contributed by atoms with Crippen LogP contribution >= 0.6 is 0 Å². The van der Waals surface area contributed by atoms with Gasteiger partial charge in [0, 0.05) is 13.5 Å². The number of hydrogen-bond acceptors (Lipinski definition) is 1. The third-order valence-electron chi connectivity index (χ3n) is 1.57. The lowest BCUT2D eigenvalue weighted by Gasteiger charge is -2.13. The molecule has 0 aliphatic carbocycles. The Morgan fingerprint density at radius 2 is 1.91 bits per heavy atom. The summed E-state index contributed by atoms with van der Waals surface area (Å²) in [7, 11) is 0. The molecule has 0 aromatic carbocycles. The lowest BCUT2D eigenvalue weighted by molar-refractivity contribution is -0.119. The van der Waals surface area contributed by atoms with E-state index in [-0.39, 0.29) is 5.91 Å². The van der Waals surface area contributed by atoms with Crippen molar-refractivity contribution in [1.29, 1.82) is 0 Å². The Balaban J connectivity index is 3.37. The maximum atomic E-state index is 10.5. The van der Waals surface area contributed by atoms with Gasteiger partial charge in [0.15, 0.2) is 0 Å². The fraction of sp³-hybridized carbons (Fsp3) is 0.889. The van der Waals surface area contributed by atoms with Gasteiger partial charge in [-0.05, 0) is 18.3 Å². The van der Waals surface area contributed by atoms with Gasteiger partial charge in [0.2, 0.25) is 5.91 Å². The number of amides is 1. The van der Waals surface area contributed by atoms with Gasteiger partial charge >= 0.3 is 0 Å². The van der Waals surface area contributed by atoms with Crippen molar-refractivity contribution in [2.24, 2.45) is 11.8 Å². The van der Waals surface area contributed by atoms with Crippen molar-refractivity contribution in [2.75, 3.05) is 6.54 Å². The minimum absolute atomic E-state index is 0.0700. The van der Waals surface area contributed by atoms with Gasteiger partial charge in [-0.15, -0.1) is 0 Å². The smallest absolute Gasteiger partial charge is 0.216 e. The first kappa shape index (κ1) is 10.5. The molecule has 0 aromatic heterocycles. The van der Waals surface area contributed by atoms with Gasteiger partial charge in [-0.25, -0.2) is 0 Å². The highest BCUT2D eigenvalue weighted by molar-refractivity contribution is 5.72. The lowest BCUT2D eigenvalue weighted by atomic mass is 9.99. The normalized spacial score (nSPS) is 13.2. The van der Waals surface area contributed by atoms with E-state index in [0.29, 0.717) is 5.92 Å². The lowest BCUT2D eigenvalue weighted by Crippen LogP contribution is -2.26. The predicted molar refractivity (Wildman–Crippen MR) is 47.3 cm³/mol. The molecule has 11 heavy (non-hydrogen) atoms. The molecule has 0 heterocycles. The minimum atomic E-state index is 0.0700. The number of carbonyl (C=O) groups is 1. The molecule has 0 rings (SSSR count). The van der Waals surface area contributed by atoms with Gasteiger partial charge in [0.1, 0.15) is 0 Å². The Kier molecular flexibility index (Phi) is 4.92. The monoisotopic (exact) mass is 157 g/mol. The van der Waals surface area contributed by atoms with Crippen LogP contribution in [0, 0.1) is 11.8 Å². The van der Waals surface area contributed by atoms with Crippen LogP contribution in [0.3, 0.4) is 0 Å². The summed E-state index contributed by atoms with van der Waals surface area (Å²) in [4.78, 5) is 10.5. The summed E-state index contributed by atoms with van der Waals surface area (Å²) in [5.74, 6) is 1.39. The third kappa shape index (κ3) is 7.37. The number of rotatable bonds is 4. The van der Waals surface area contributed by atoms with E-state index in [1.54, 1.807) is 6.92 Å². The van der Waals surface area contributed by atoms with Crippen molar-refractivity contribution >= 4 is 5.91 Å². The Morgan fingerprint density at radius 1 is 1.36 bits per heavy atom. The fourth-order valence-corrected chi connectivity index (χ4v) is 1.21. The number of carbonyl (C=O) groups excluding carboxylic acids is 1. The molecule has 2 heteroatoms. The van der Waals surface area contributed by atoms with Gasteiger partial charge in [0.25, 0.3) is 0 Å². The molecule has 2 nitrogen and oxygen atoms in total. The third-order valence-corrected chi connectivity index (χ3v) is 1.57. The van der Waals surface area contributed by atoms with Crippen molar-refractivity contribution in [3.05, 3.63) is 0 Å². The molecular formula is C9H19NO. The van der Waals surface area contributed by atoms with Gasteiger partial charge in [-0.1, -0.05) is 20.8 Å². The Labute approximate surface area is 69.4 Å². The summed E-state index contributed by atoms with van der Waals surface area (Å²) in [6, 6.07) is 0. The largest absolute Gasteiger partial charge is 0.356 e. The zero-order valence-electron chi connectivity index (χ0n) is 7.98. The molecule has 66 valence electrons. The summed E-state index contributed by atoms with van der Waals surface area (Å²) < 4.78 is 0. The Hall–Kier alpha value is -0.530. The highest BCUT2D eigenvalue weighted by Gasteiger charge is 2.04. The molecule has 0 saturated heterocycles. The Morgan fingerprint density at radius 3 is 2.27 bits per heavy atom. The van der Waals surface area contributed by atoms with Crippen LogP contribution in [0.1, 0.15) is 34.1 Å². The minimum Gasteiger partial charge on any atom is -0.356 e. The Bertz CT molecular complexity index is 121. The molecule has 1 amide bonds. The van der Waals surface area contributed by atoms with Crippen LogP contribution in [0.4, 0.5) is 0 Å². The zero-order valence-corrected chi connectivity index (χ0v) is 7.98. The average Bonchev–Trinajstić information content (AvgIpc) is 1.82. The highest BCUT2D eigenvalue weighted by atomic mass is 16.1. The van der Waals surface area contributed by atoms with Gasteiger partial charge in [0.05, 0.1) is 0 Å². The van der Waals surface area contributed by atoms with E-state index in [0.717, 1.165) is 12.5 Å². The topological polar surface area (TPSA) is 29.1 Å². The van der Waals surface area contributed by atoms with Crippen molar-refractivity contribution < 1.29 is 4.79 Å². The van der Waals surface area contributed by atoms with Gasteiger partial charge in [-0.3, -0.25) is 4.79 Å². The van der Waals surface area contributed by atoms with E-state index in [9.17, 15) is 4.79 Å². The number of nitrogens with one attached hydrogen (secondary N) is 1. The maximum absolute atomic E-state index is 10.5. The SMILES string of the molecule is CC(=O)NCC(C)CC(C)C. The summed E-state index contributed by atoms with van der Waals surface area (Å²) in [6.07, 6.45) is 1.18. The summed E-state index contributed by atoms with van der Waals surface area (Å²) in [5.41, 5.74) is 0. The first-order chi connectivity index (χ1) is 5.02. The van der Waals surface area contributed by atoms with E-state index in [1.807, 2.05) is 0 Å². The fourth-order valence-electron chi connectivity index (χ4n) is 1.21. The van der Waals surface area contributed by atoms with E-state index in [4.69, 9.17) is 0 Å². The molecule has 0 spiro atoms. The van der Waals surface area contributed by atoms with Crippen molar-refractivity contribution in [3.8, 4) is 0 Å². The van der Waals surface area contributed by atoms with E-state index >= 15 is 0 Å². The quantitative estimate of drug-likeness (QED) is 0.662. The molecule has 0 fully saturated rings. The van der Waals surface area contributed by atoms with Crippen LogP contribution in [-0.2, 0) is 4.79 Å². The maximum Gasteiger partial charge on any atom is 0.216 e. The second kappa shape index (κ2) is 5.16. The van der Waals surface area contributed by atoms with Crippen LogP contribution in [0.2, 0.25) is 0 Å². The number of hydrogen-bond donors (Lipinski definition) is 1. The highest BCUT2D eigenvalue weighted by Crippen LogP contribution is 2.09. The van der Waals surface area contributed by atoms with Gasteiger partial charge in [-0.2, -0.15) is 0 Å². The molecular weight excluding hydrogens is 138 g/mol. The molecule has 1 atom stereocenters. The first-order valence-corrected chi connectivity index (χ1v) is 4.26. The molecule has 0 saturated carbocycles. The van der Waals surface area contributed by atoms with Crippen LogP contribution in [0.5, 0.6) is 0 Å². The van der Waals surface area contributed by atoms with Crippen molar-refractivity contribution in [2.45, 2.75) is 34.1 Å². The predicted octanol–water partition coefficient (Wildman–Crippen LogP) is 1.80. The molecule has 0 aliphatic heterocycles. The zero-order chi connectivity index (χ0) is 8.85. The van der Waals surface area contributed by atoms with Crippen LogP contribution in [-0.4, -0.2) is 12.5 Å². The van der Waals surface area contributed by atoms with Crippen molar-refractivity contribution in [1.82, 2.24) is 5.32 Å². The first-order valence-electron chi connectivity index (χ1n) is 4.26. The van der Waals surface area contributed by atoms with Crippen molar-refractivity contribution in [3.63, 3.8) is 0 Å². The summed E-state index contributed by atoms with van der Waals surface area (Å²) in [6.45, 7) is 8.93. The van der Waals surface area contributed by atoms with E-state index in [2.05, 4.69) is 26.1 Å². The average molecular weight is 157 g/mol. The van der Waals surface area contributed by atoms with Crippen LogP contribution in [0.15, 0.2) is 0 Å². The second-order valence-corrected chi connectivity index (χ2v) is 3.67. The standard InChI is InChI=1S/C9H19NO/c1-7(2)5-8(3)6-10-9(4)11/h7-8H,5-6H2,1-4H3,(H,10,11). The molecule has 0 aromatic rings.